The van der Waals surface area contributed by atoms with Crippen LogP contribution in [-0.2, 0) is 4.74 Å². The molecule has 0 saturated carbocycles. The van der Waals surface area contributed by atoms with Gasteiger partial charge in [-0.1, -0.05) is 30.3 Å². The predicted octanol–water partition coefficient (Wildman–Crippen LogP) is 4.48. The quantitative estimate of drug-likeness (QED) is 0.277. The van der Waals surface area contributed by atoms with E-state index in [4.69, 9.17) is 4.74 Å². The molecule has 0 atom stereocenters. The van der Waals surface area contributed by atoms with E-state index in [1.807, 2.05) is 30.3 Å². The molecule has 0 aliphatic rings. The van der Waals surface area contributed by atoms with Gasteiger partial charge in [0.2, 0.25) is 5.95 Å². The first kappa shape index (κ1) is 19.3. The van der Waals surface area contributed by atoms with Crippen LogP contribution in [0, 0.1) is 17.0 Å². The van der Waals surface area contributed by atoms with Crippen molar-refractivity contribution in [2.45, 2.75) is 13.8 Å². The van der Waals surface area contributed by atoms with Crippen molar-refractivity contribution < 1.29 is 14.5 Å². The van der Waals surface area contributed by atoms with Gasteiger partial charge in [-0.25, -0.2) is 14.8 Å². The number of hydrogen-bond donors (Lipinski definition) is 0. The monoisotopic (exact) mass is 402 g/mol. The van der Waals surface area contributed by atoms with Crippen LogP contribution in [0.2, 0.25) is 0 Å². The number of ether oxygens (including phenoxy) is 1. The molecule has 2 heterocycles. The average Bonchev–Trinajstić information content (AvgIpc) is 3.17. The maximum atomic E-state index is 12.6. The number of nitrogens with zero attached hydrogens (tertiary/aromatic N) is 4. The average molecular weight is 402 g/mol. The Morgan fingerprint density at radius 1 is 1.13 bits per heavy atom. The molecule has 0 saturated heterocycles. The minimum absolute atomic E-state index is 0.0139. The highest BCUT2D eigenvalue weighted by Gasteiger charge is 2.22. The Morgan fingerprint density at radius 2 is 1.90 bits per heavy atom. The number of hydrogen-bond acceptors (Lipinski definition) is 6. The van der Waals surface area contributed by atoms with Crippen molar-refractivity contribution in [2.24, 2.45) is 0 Å². The smallest absolute Gasteiger partial charge is 0.342 e. The highest BCUT2D eigenvalue weighted by atomic mass is 16.6. The topological polar surface area (TPSA) is 100 Å². The van der Waals surface area contributed by atoms with Crippen molar-refractivity contribution in [1.82, 2.24) is 14.5 Å². The first-order valence-electron chi connectivity index (χ1n) is 9.36. The molecule has 4 aromatic rings. The minimum atomic E-state index is -0.478. The van der Waals surface area contributed by atoms with Crippen molar-refractivity contribution >= 4 is 22.6 Å². The summed E-state index contributed by atoms with van der Waals surface area (Å²) in [5.41, 5.74) is 2.78. The molecule has 0 fully saturated rings. The number of esters is 1. The van der Waals surface area contributed by atoms with E-state index >= 15 is 0 Å². The Hall–Kier alpha value is -4.07. The van der Waals surface area contributed by atoms with Gasteiger partial charge in [0.25, 0.3) is 5.69 Å². The molecule has 4 rings (SSSR count). The fourth-order valence-corrected chi connectivity index (χ4v) is 3.34. The van der Waals surface area contributed by atoms with Gasteiger partial charge in [0.05, 0.1) is 28.4 Å². The van der Waals surface area contributed by atoms with Crippen LogP contribution in [0.25, 0.3) is 28.1 Å². The van der Waals surface area contributed by atoms with Crippen molar-refractivity contribution in [3.8, 4) is 17.2 Å². The number of non-ortho nitro benzene ring substituents is 1. The molecule has 0 radical (unpaired) electrons. The molecule has 8 heteroatoms. The third-order valence-electron chi connectivity index (χ3n) is 4.71. The molecule has 0 unspecified atom stereocenters. The third kappa shape index (κ3) is 3.39. The molecule has 0 amide bonds. The normalized spacial score (nSPS) is 10.9. The standard InChI is InChI=1S/C22H18N4O4/c1-3-30-21(27)19-14(2)23-22(24-20(19)15-7-5-4-6-8-15)25-12-11-16-13-17(26(28)29)9-10-18(16)25/h4-13H,3H2,1-2H3. The summed E-state index contributed by atoms with van der Waals surface area (Å²) in [6, 6.07) is 15.7. The van der Waals surface area contributed by atoms with Crippen molar-refractivity contribution in [1.29, 1.82) is 0 Å². The van der Waals surface area contributed by atoms with E-state index in [1.54, 1.807) is 36.7 Å². The van der Waals surface area contributed by atoms with E-state index in [-0.39, 0.29) is 12.3 Å². The Bertz CT molecular complexity index is 1270. The van der Waals surface area contributed by atoms with E-state index in [1.165, 1.54) is 12.1 Å². The van der Waals surface area contributed by atoms with Gasteiger partial charge >= 0.3 is 5.97 Å². The summed E-state index contributed by atoms with van der Waals surface area (Å²) in [5, 5.41) is 11.7. The fraction of sp³-hybridized carbons (Fsp3) is 0.136. The number of carbonyl (C=O) groups excluding carboxylic acids is 1. The van der Waals surface area contributed by atoms with Gasteiger partial charge in [0.15, 0.2) is 0 Å². The number of rotatable bonds is 5. The van der Waals surface area contributed by atoms with Crippen molar-refractivity contribution in [2.75, 3.05) is 6.61 Å². The highest BCUT2D eigenvalue weighted by molar-refractivity contribution is 5.97. The second-order valence-electron chi connectivity index (χ2n) is 6.61. The number of nitro groups is 1. The second-order valence-corrected chi connectivity index (χ2v) is 6.61. The van der Waals surface area contributed by atoms with Crippen LogP contribution in [0.4, 0.5) is 5.69 Å². The molecule has 30 heavy (non-hydrogen) atoms. The molecule has 150 valence electrons. The van der Waals surface area contributed by atoms with Gasteiger partial charge in [-0.3, -0.25) is 14.7 Å². The summed E-state index contributed by atoms with van der Waals surface area (Å²) in [7, 11) is 0. The Labute approximate surface area is 171 Å². The molecule has 8 nitrogen and oxygen atoms in total. The van der Waals surface area contributed by atoms with Crippen LogP contribution in [0.5, 0.6) is 0 Å². The lowest BCUT2D eigenvalue weighted by atomic mass is 10.0. The van der Waals surface area contributed by atoms with Gasteiger partial charge in [-0.05, 0) is 26.0 Å². The first-order chi connectivity index (χ1) is 14.5. The number of fused-ring (bicyclic) bond motifs is 1. The molecule has 0 bridgehead atoms. The number of aromatic nitrogens is 3. The van der Waals surface area contributed by atoms with Crippen LogP contribution < -0.4 is 0 Å². The zero-order valence-corrected chi connectivity index (χ0v) is 16.4. The van der Waals surface area contributed by atoms with Crippen LogP contribution in [-0.4, -0.2) is 32.0 Å². The summed E-state index contributed by atoms with van der Waals surface area (Å²) in [4.78, 5) is 32.4. The summed E-state index contributed by atoms with van der Waals surface area (Å²) >= 11 is 0. The van der Waals surface area contributed by atoms with Gasteiger partial charge in [-0.15, -0.1) is 0 Å². The summed E-state index contributed by atoms with van der Waals surface area (Å²) in [6.07, 6.45) is 1.75. The van der Waals surface area contributed by atoms with Crippen LogP contribution in [0.3, 0.4) is 0 Å². The molecular weight excluding hydrogens is 384 g/mol. The molecule has 2 aromatic heterocycles. The summed E-state index contributed by atoms with van der Waals surface area (Å²) in [6.45, 7) is 3.73. The molecular formula is C22H18N4O4. The van der Waals surface area contributed by atoms with E-state index < -0.39 is 10.9 Å². The molecule has 0 N–H and O–H groups in total. The van der Waals surface area contributed by atoms with Gasteiger partial charge in [0, 0.05) is 29.3 Å². The summed E-state index contributed by atoms with van der Waals surface area (Å²) in [5.74, 6) is -0.114. The number of carbonyl (C=O) groups is 1. The molecule has 0 aliphatic carbocycles. The maximum absolute atomic E-state index is 12.6. The van der Waals surface area contributed by atoms with E-state index in [0.717, 1.165) is 11.1 Å². The largest absolute Gasteiger partial charge is 0.462 e. The zero-order chi connectivity index (χ0) is 21.3. The lowest BCUT2D eigenvalue weighted by molar-refractivity contribution is -0.384. The van der Waals surface area contributed by atoms with E-state index in [0.29, 0.717) is 28.3 Å². The van der Waals surface area contributed by atoms with Gasteiger partial charge in [0.1, 0.15) is 5.56 Å². The summed E-state index contributed by atoms with van der Waals surface area (Å²) < 4.78 is 6.96. The molecule has 0 aliphatic heterocycles. The van der Waals surface area contributed by atoms with Crippen LogP contribution >= 0.6 is 0 Å². The van der Waals surface area contributed by atoms with Gasteiger partial charge < -0.3 is 4.74 Å². The second kappa shape index (κ2) is 7.75. The van der Waals surface area contributed by atoms with E-state index in [2.05, 4.69) is 9.97 Å². The minimum Gasteiger partial charge on any atom is -0.462 e. The Balaban J connectivity index is 1.92. The Kier molecular flexibility index (Phi) is 4.97. The maximum Gasteiger partial charge on any atom is 0.342 e. The Morgan fingerprint density at radius 3 is 2.60 bits per heavy atom. The number of aryl methyl sites for hydroxylation is 1. The number of benzene rings is 2. The fourth-order valence-electron chi connectivity index (χ4n) is 3.34. The SMILES string of the molecule is CCOC(=O)c1c(C)nc(-n2ccc3cc([N+](=O)[O-])ccc32)nc1-c1ccccc1. The third-order valence-corrected chi connectivity index (χ3v) is 4.71. The van der Waals surface area contributed by atoms with E-state index in [9.17, 15) is 14.9 Å². The lowest BCUT2D eigenvalue weighted by Crippen LogP contribution is -2.14. The van der Waals surface area contributed by atoms with Crippen LogP contribution in [0.1, 0.15) is 23.0 Å². The molecule has 2 aromatic carbocycles. The van der Waals surface area contributed by atoms with Crippen molar-refractivity contribution in [3.63, 3.8) is 0 Å². The first-order valence-corrected chi connectivity index (χ1v) is 9.36. The highest BCUT2D eigenvalue weighted by Crippen LogP contribution is 2.28. The van der Waals surface area contributed by atoms with Crippen LogP contribution in [0.15, 0.2) is 60.8 Å². The molecule has 0 spiro atoms. The van der Waals surface area contributed by atoms with Gasteiger partial charge in [-0.2, -0.15) is 0 Å². The number of nitro benzene ring substituents is 1. The zero-order valence-electron chi connectivity index (χ0n) is 16.4. The predicted molar refractivity (Wildman–Crippen MR) is 112 cm³/mol. The van der Waals surface area contributed by atoms with Crippen molar-refractivity contribution in [3.05, 3.63) is 82.2 Å². The lowest BCUT2D eigenvalue weighted by Gasteiger charge is -2.13.